The van der Waals surface area contributed by atoms with Gasteiger partial charge in [-0.15, -0.1) is 0 Å². The molecule has 1 unspecified atom stereocenters. The molecule has 2 aromatic carbocycles. The molecule has 20 heavy (non-hydrogen) atoms. The number of rotatable bonds is 4. The van der Waals surface area contributed by atoms with Gasteiger partial charge in [0.2, 0.25) is 0 Å². The van der Waals surface area contributed by atoms with Crippen molar-refractivity contribution < 1.29 is 9.84 Å². The van der Waals surface area contributed by atoms with Gasteiger partial charge in [-0.3, -0.25) is 0 Å². The van der Waals surface area contributed by atoms with Crippen LogP contribution in [0.25, 0.3) is 0 Å². The molecular weight excluding hydrogens is 316 g/mol. The van der Waals surface area contributed by atoms with E-state index < -0.39 is 6.10 Å². The largest absolute Gasteiger partial charge is 0.493 e. The van der Waals surface area contributed by atoms with E-state index in [2.05, 4.69) is 40.2 Å². The zero-order chi connectivity index (χ0) is 14.1. The highest BCUT2D eigenvalue weighted by atomic mass is 79.9. The maximum absolute atomic E-state index is 9.79. The van der Waals surface area contributed by atoms with E-state index in [1.807, 2.05) is 18.2 Å². The molecule has 2 nitrogen and oxygen atoms in total. The predicted octanol–water partition coefficient (Wildman–Crippen LogP) is 4.22. The van der Waals surface area contributed by atoms with Crippen LogP contribution in [-0.2, 0) is 6.42 Å². The molecule has 2 atom stereocenters. The third kappa shape index (κ3) is 2.60. The maximum atomic E-state index is 9.79. The van der Waals surface area contributed by atoms with Gasteiger partial charge < -0.3 is 9.84 Å². The molecule has 2 aromatic rings. The Kier molecular flexibility index (Phi) is 3.81. The summed E-state index contributed by atoms with van der Waals surface area (Å²) in [4.78, 5) is 0. The van der Waals surface area contributed by atoms with Gasteiger partial charge in [0.25, 0.3) is 0 Å². The van der Waals surface area contributed by atoms with Crippen LogP contribution in [0.5, 0.6) is 5.75 Å². The molecule has 0 radical (unpaired) electrons. The maximum Gasteiger partial charge on any atom is 0.126 e. The van der Waals surface area contributed by atoms with Crippen LogP contribution in [-0.4, -0.2) is 11.7 Å². The molecule has 3 heteroatoms. The second-order valence-corrected chi connectivity index (χ2v) is 6.18. The van der Waals surface area contributed by atoms with Crippen LogP contribution in [0.15, 0.2) is 46.9 Å². The van der Waals surface area contributed by atoms with Crippen LogP contribution in [0, 0.1) is 0 Å². The van der Waals surface area contributed by atoms with Crippen LogP contribution >= 0.6 is 15.9 Å². The number of fused-ring (bicyclic) bond motifs is 1. The summed E-state index contributed by atoms with van der Waals surface area (Å²) >= 11 is 3.45. The molecule has 0 heterocycles. The number of aliphatic hydroxyl groups excluding tert-OH is 1. The molecule has 0 bridgehead atoms. The molecule has 0 saturated heterocycles. The first-order chi connectivity index (χ1) is 9.65. The van der Waals surface area contributed by atoms with Crippen molar-refractivity contribution >= 4 is 15.9 Å². The third-order valence-corrected chi connectivity index (χ3v) is 4.32. The molecule has 0 amide bonds. The minimum atomic E-state index is -0.522. The van der Waals surface area contributed by atoms with Crippen molar-refractivity contribution in [2.75, 3.05) is 6.61 Å². The smallest absolute Gasteiger partial charge is 0.126 e. The number of hydrogen-bond acceptors (Lipinski definition) is 2. The Labute approximate surface area is 127 Å². The van der Waals surface area contributed by atoms with Crippen LogP contribution in [0.4, 0.5) is 0 Å². The van der Waals surface area contributed by atoms with Crippen molar-refractivity contribution in [3.63, 3.8) is 0 Å². The number of aliphatic hydroxyl groups is 1. The van der Waals surface area contributed by atoms with Gasteiger partial charge in [0.05, 0.1) is 12.7 Å². The van der Waals surface area contributed by atoms with Crippen molar-refractivity contribution in [3.05, 3.63) is 63.6 Å². The molecule has 0 aromatic heterocycles. The summed E-state index contributed by atoms with van der Waals surface area (Å²) in [7, 11) is 0. The summed E-state index contributed by atoms with van der Waals surface area (Å²) in [6.45, 7) is 2.42. The van der Waals surface area contributed by atoms with Crippen LogP contribution in [0.1, 0.15) is 35.6 Å². The SMILES string of the molecule is C[C@@H](O)c1ccc(Br)cc1OCC1Cc2ccccc21. The normalized spacial score (nSPS) is 18.1. The minimum absolute atomic E-state index is 0.465. The number of benzene rings is 2. The summed E-state index contributed by atoms with van der Waals surface area (Å²) in [5.74, 6) is 1.23. The van der Waals surface area contributed by atoms with E-state index in [4.69, 9.17) is 4.74 Å². The van der Waals surface area contributed by atoms with E-state index in [1.165, 1.54) is 11.1 Å². The predicted molar refractivity (Wildman–Crippen MR) is 83.2 cm³/mol. The summed E-state index contributed by atoms with van der Waals surface area (Å²) in [6, 6.07) is 14.2. The van der Waals surface area contributed by atoms with E-state index in [0.29, 0.717) is 12.5 Å². The first kappa shape index (κ1) is 13.7. The van der Waals surface area contributed by atoms with Crippen molar-refractivity contribution in [1.82, 2.24) is 0 Å². The molecule has 0 fully saturated rings. The van der Waals surface area contributed by atoms with Gasteiger partial charge in [0, 0.05) is 16.0 Å². The Morgan fingerprint density at radius 3 is 2.85 bits per heavy atom. The van der Waals surface area contributed by atoms with Gasteiger partial charge in [0.15, 0.2) is 0 Å². The van der Waals surface area contributed by atoms with Crippen LogP contribution in [0.3, 0.4) is 0 Å². The summed E-state index contributed by atoms with van der Waals surface area (Å²) in [6.07, 6.45) is 0.556. The Morgan fingerprint density at radius 2 is 2.10 bits per heavy atom. The third-order valence-electron chi connectivity index (χ3n) is 3.83. The van der Waals surface area contributed by atoms with E-state index in [9.17, 15) is 5.11 Å². The van der Waals surface area contributed by atoms with Gasteiger partial charge in [-0.25, -0.2) is 0 Å². The van der Waals surface area contributed by atoms with Crippen molar-refractivity contribution in [2.45, 2.75) is 25.4 Å². The Bertz CT molecular complexity index is 622. The Balaban J connectivity index is 1.72. The van der Waals surface area contributed by atoms with Gasteiger partial charge in [-0.05, 0) is 36.6 Å². The fraction of sp³-hybridized carbons (Fsp3) is 0.294. The fourth-order valence-electron chi connectivity index (χ4n) is 2.68. The Hall–Kier alpha value is -1.32. The lowest BCUT2D eigenvalue weighted by Crippen LogP contribution is -2.23. The lowest BCUT2D eigenvalue weighted by molar-refractivity contribution is 0.188. The number of hydrogen-bond donors (Lipinski definition) is 1. The lowest BCUT2D eigenvalue weighted by Gasteiger charge is -2.30. The first-order valence-corrected chi connectivity index (χ1v) is 7.62. The van der Waals surface area contributed by atoms with E-state index >= 15 is 0 Å². The second kappa shape index (κ2) is 5.58. The number of ether oxygens (including phenoxy) is 1. The molecular formula is C17H17BrO2. The Morgan fingerprint density at radius 1 is 1.30 bits per heavy atom. The van der Waals surface area contributed by atoms with Gasteiger partial charge >= 0.3 is 0 Å². The van der Waals surface area contributed by atoms with Gasteiger partial charge in [-0.2, -0.15) is 0 Å². The highest BCUT2D eigenvalue weighted by Gasteiger charge is 2.26. The van der Waals surface area contributed by atoms with Crippen molar-refractivity contribution in [2.24, 2.45) is 0 Å². The molecule has 0 saturated carbocycles. The molecule has 0 spiro atoms. The second-order valence-electron chi connectivity index (χ2n) is 5.27. The molecule has 0 aliphatic heterocycles. The van der Waals surface area contributed by atoms with Gasteiger partial charge in [0.1, 0.15) is 5.75 Å². The summed E-state index contributed by atoms with van der Waals surface area (Å²) in [5.41, 5.74) is 3.65. The molecule has 1 aliphatic carbocycles. The lowest BCUT2D eigenvalue weighted by atomic mass is 9.78. The molecule has 1 N–H and O–H groups in total. The quantitative estimate of drug-likeness (QED) is 0.908. The first-order valence-electron chi connectivity index (χ1n) is 6.83. The number of halogens is 1. The average molecular weight is 333 g/mol. The fourth-order valence-corrected chi connectivity index (χ4v) is 3.02. The highest BCUT2D eigenvalue weighted by molar-refractivity contribution is 9.10. The molecule has 104 valence electrons. The summed E-state index contributed by atoms with van der Waals surface area (Å²) < 4.78 is 6.91. The van der Waals surface area contributed by atoms with Crippen LogP contribution < -0.4 is 4.74 Å². The zero-order valence-corrected chi connectivity index (χ0v) is 12.9. The van der Waals surface area contributed by atoms with E-state index in [1.54, 1.807) is 6.92 Å². The standard InChI is InChI=1S/C17H17BrO2/c1-11(19)15-7-6-14(18)9-17(15)20-10-13-8-12-4-2-3-5-16(12)13/h2-7,9,11,13,19H,8,10H2,1H3/t11-,13?/m1/s1. The minimum Gasteiger partial charge on any atom is -0.493 e. The van der Waals surface area contributed by atoms with Gasteiger partial charge in [-0.1, -0.05) is 46.3 Å². The zero-order valence-electron chi connectivity index (χ0n) is 11.3. The van der Waals surface area contributed by atoms with Crippen molar-refractivity contribution in [3.8, 4) is 5.75 Å². The topological polar surface area (TPSA) is 29.5 Å². The monoisotopic (exact) mass is 332 g/mol. The summed E-state index contributed by atoms with van der Waals surface area (Å²) in [5, 5.41) is 9.79. The molecule has 3 rings (SSSR count). The average Bonchev–Trinajstić information content (AvgIpc) is 2.39. The van der Waals surface area contributed by atoms with E-state index in [0.717, 1.165) is 22.2 Å². The highest BCUT2D eigenvalue weighted by Crippen LogP contribution is 2.36. The van der Waals surface area contributed by atoms with Crippen LogP contribution in [0.2, 0.25) is 0 Å². The van der Waals surface area contributed by atoms with Crippen molar-refractivity contribution in [1.29, 1.82) is 0 Å². The van der Waals surface area contributed by atoms with E-state index in [-0.39, 0.29) is 0 Å². The molecule has 1 aliphatic rings.